The number of hydrogen-bond donors (Lipinski definition) is 1. The number of sulfonamides is 1. The summed E-state index contributed by atoms with van der Waals surface area (Å²) in [5, 5.41) is 4.45. The van der Waals surface area contributed by atoms with Gasteiger partial charge in [-0.25, -0.2) is 18.4 Å². The van der Waals surface area contributed by atoms with Crippen molar-refractivity contribution in [2.75, 3.05) is 53.0 Å². The molecule has 13 heteroatoms. The molecule has 12 nitrogen and oxygen atoms in total. The van der Waals surface area contributed by atoms with Crippen LogP contribution in [0.5, 0.6) is 5.88 Å². The summed E-state index contributed by atoms with van der Waals surface area (Å²) in [7, 11) is -2.19. The van der Waals surface area contributed by atoms with E-state index >= 15 is 0 Å². The van der Waals surface area contributed by atoms with Crippen LogP contribution in [0, 0.1) is 0 Å². The van der Waals surface area contributed by atoms with Gasteiger partial charge in [-0.05, 0) is 25.5 Å². The van der Waals surface area contributed by atoms with Crippen LogP contribution in [0.4, 0.5) is 0 Å². The zero-order valence-electron chi connectivity index (χ0n) is 22.6. The highest BCUT2D eigenvalue weighted by atomic mass is 32.2. The molecular formula is C25H37N7O5S. The molecule has 1 aliphatic heterocycles. The first kappa shape index (κ1) is 28.1. The summed E-state index contributed by atoms with van der Waals surface area (Å²) in [4.78, 5) is 27.2. The van der Waals surface area contributed by atoms with Gasteiger partial charge < -0.3 is 19.4 Å². The highest BCUT2D eigenvalue weighted by molar-refractivity contribution is 7.89. The zero-order chi connectivity index (χ0) is 27.3. The molecule has 4 rings (SSSR count). The molecule has 1 aliphatic rings. The van der Waals surface area contributed by atoms with Crippen LogP contribution in [-0.4, -0.2) is 95.4 Å². The van der Waals surface area contributed by atoms with Crippen LogP contribution in [0.25, 0.3) is 22.4 Å². The minimum atomic E-state index is -3.80. The minimum absolute atomic E-state index is 0.0366. The second-order valence-electron chi connectivity index (χ2n) is 9.19. The summed E-state index contributed by atoms with van der Waals surface area (Å²) in [5.74, 6) is 0.413. The number of fused-ring (bicyclic) bond motifs is 1. The summed E-state index contributed by atoms with van der Waals surface area (Å²) >= 11 is 0. The fraction of sp³-hybridized carbons (Fsp3) is 0.600. The van der Waals surface area contributed by atoms with Gasteiger partial charge in [0.1, 0.15) is 16.2 Å². The van der Waals surface area contributed by atoms with E-state index in [0.29, 0.717) is 63.4 Å². The summed E-state index contributed by atoms with van der Waals surface area (Å²) in [5.41, 5.74) is 1.38. The topological polar surface area (TPSA) is 136 Å². The van der Waals surface area contributed by atoms with Crippen molar-refractivity contribution in [3.63, 3.8) is 0 Å². The molecule has 0 bridgehead atoms. The minimum Gasteiger partial charge on any atom is -0.477 e. The Hall–Kier alpha value is -2.87. The van der Waals surface area contributed by atoms with Crippen molar-refractivity contribution in [2.45, 2.75) is 51.5 Å². The Morgan fingerprint density at radius 1 is 1.08 bits per heavy atom. The average Bonchev–Trinajstić information content (AvgIpc) is 3.30. The molecule has 0 saturated carbocycles. The lowest BCUT2D eigenvalue weighted by atomic mass is 10.2. The van der Waals surface area contributed by atoms with E-state index in [4.69, 9.17) is 14.5 Å². The number of rotatable bonds is 12. The third kappa shape index (κ3) is 5.75. The second-order valence-corrected chi connectivity index (χ2v) is 11.1. The number of aromatic nitrogens is 5. The molecule has 3 aromatic rings. The predicted molar refractivity (Wildman–Crippen MR) is 144 cm³/mol. The van der Waals surface area contributed by atoms with E-state index in [0.717, 1.165) is 25.1 Å². The summed E-state index contributed by atoms with van der Waals surface area (Å²) < 4.78 is 41.4. The van der Waals surface area contributed by atoms with Gasteiger partial charge in [-0.15, -0.1) is 0 Å². The summed E-state index contributed by atoms with van der Waals surface area (Å²) in [6.45, 7) is 10.4. The maximum Gasteiger partial charge on any atom is 0.279 e. The lowest BCUT2D eigenvalue weighted by molar-refractivity contribution is 0.183. The predicted octanol–water partition coefficient (Wildman–Crippen LogP) is 1.90. The fourth-order valence-corrected chi connectivity index (χ4v) is 5.91. The first-order chi connectivity index (χ1) is 18.3. The number of aromatic amines is 1. The first-order valence-corrected chi connectivity index (χ1v) is 14.6. The van der Waals surface area contributed by atoms with Gasteiger partial charge in [0, 0.05) is 33.3 Å². The number of nitrogens with one attached hydrogen (secondary N) is 1. The molecule has 0 aromatic carbocycles. The number of hydrogen-bond acceptors (Lipinski definition) is 9. The molecule has 3 aromatic heterocycles. The average molecular weight is 548 g/mol. The molecular weight excluding hydrogens is 510 g/mol. The maximum atomic E-state index is 13.5. The van der Waals surface area contributed by atoms with Crippen LogP contribution in [0.15, 0.2) is 22.0 Å². The fourth-order valence-electron chi connectivity index (χ4n) is 4.51. The van der Waals surface area contributed by atoms with Crippen molar-refractivity contribution in [1.82, 2.24) is 33.9 Å². The molecule has 1 fully saturated rings. The third-order valence-corrected chi connectivity index (χ3v) is 8.64. The van der Waals surface area contributed by atoms with Gasteiger partial charge in [-0.3, -0.25) is 9.48 Å². The number of pyridine rings is 1. The molecule has 1 N–H and O–H groups in total. The highest BCUT2D eigenvalue weighted by Crippen LogP contribution is 2.30. The molecule has 4 heterocycles. The molecule has 0 atom stereocenters. The number of unbranched alkanes of at least 4 members (excludes halogenated alkanes) is 1. The van der Waals surface area contributed by atoms with Gasteiger partial charge >= 0.3 is 0 Å². The van der Waals surface area contributed by atoms with Crippen LogP contribution in [-0.2, 0) is 27.7 Å². The Morgan fingerprint density at radius 2 is 1.84 bits per heavy atom. The van der Waals surface area contributed by atoms with Gasteiger partial charge in [0.2, 0.25) is 15.9 Å². The number of piperazine rings is 1. The number of aryl methyl sites for hydroxylation is 1. The van der Waals surface area contributed by atoms with Crippen molar-refractivity contribution in [3.8, 4) is 17.3 Å². The number of H-pyrrole nitrogens is 1. The van der Waals surface area contributed by atoms with Gasteiger partial charge in [0.25, 0.3) is 5.56 Å². The molecule has 0 radical (unpaired) electrons. The zero-order valence-corrected chi connectivity index (χ0v) is 23.4. The lowest BCUT2D eigenvalue weighted by Crippen LogP contribution is -2.48. The number of likely N-dealkylation sites (N-methyl/N-ethyl adjacent to an activating group) is 1. The molecule has 0 amide bonds. The van der Waals surface area contributed by atoms with Crippen LogP contribution < -0.4 is 10.3 Å². The molecule has 0 unspecified atom stereocenters. The molecule has 1 saturated heterocycles. The SMILES string of the molecule is CCCCOc1ncc(S(=O)(=O)N2CCN(CC)CC2)cc1-c1nc2c(CC)n(CCOC)nc2c(=O)[nH]1. The molecule has 0 spiro atoms. The van der Waals surface area contributed by atoms with E-state index in [-0.39, 0.29) is 22.1 Å². The normalized spacial score (nSPS) is 15.4. The Bertz CT molecular complexity index is 1410. The quantitative estimate of drug-likeness (QED) is 0.337. The van der Waals surface area contributed by atoms with E-state index in [9.17, 15) is 13.2 Å². The molecule has 0 aliphatic carbocycles. The van der Waals surface area contributed by atoms with Crippen molar-refractivity contribution >= 4 is 21.1 Å². The first-order valence-electron chi connectivity index (χ1n) is 13.2. The Labute approximate surface area is 223 Å². The number of nitrogens with zero attached hydrogens (tertiary/aromatic N) is 6. The summed E-state index contributed by atoms with van der Waals surface area (Å²) in [6, 6.07) is 1.50. The van der Waals surface area contributed by atoms with E-state index < -0.39 is 15.6 Å². The van der Waals surface area contributed by atoms with E-state index in [1.807, 2.05) is 13.8 Å². The standard InChI is InChI=1S/C25H37N7O5S/c1-5-8-14-37-25-19(16-18(17-26-25)38(34,35)31-11-9-30(7-3)10-12-31)23-27-21-20(6-2)32(13-15-36-4)29-22(21)24(33)28-23/h16-17H,5-15H2,1-4H3,(H,27,28,33). The number of ether oxygens (including phenoxy) is 2. The Balaban J connectivity index is 1.80. The van der Waals surface area contributed by atoms with Gasteiger partial charge in [-0.2, -0.15) is 9.40 Å². The van der Waals surface area contributed by atoms with Crippen molar-refractivity contribution < 1.29 is 17.9 Å². The maximum absolute atomic E-state index is 13.5. The molecule has 208 valence electrons. The third-order valence-electron chi connectivity index (χ3n) is 6.78. The van der Waals surface area contributed by atoms with Crippen LogP contribution in [0.2, 0.25) is 0 Å². The van der Waals surface area contributed by atoms with Gasteiger partial charge in [0.05, 0.1) is 37.2 Å². The van der Waals surface area contributed by atoms with Gasteiger partial charge in [-0.1, -0.05) is 27.2 Å². The Morgan fingerprint density at radius 3 is 2.50 bits per heavy atom. The largest absolute Gasteiger partial charge is 0.477 e. The second kappa shape index (κ2) is 12.3. The van der Waals surface area contributed by atoms with Crippen molar-refractivity contribution in [3.05, 3.63) is 28.3 Å². The summed E-state index contributed by atoms with van der Waals surface area (Å²) in [6.07, 6.45) is 3.65. The monoisotopic (exact) mass is 547 g/mol. The molecule has 38 heavy (non-hydrogen) atoms. The Kier molecular flexibility index (Phi) is 9.13. The van der Waals surface area contributed by atoms with Crippen molar-refractivity contribution in [1.29, 1.82) is 0 Å². The van der Waals surface area contributed by atoms with Crippen LogP contribution in [0.3, 0.4) is 0 Å². The van der Waals surface area contributed by atoms with E-state index in [1.165, 1.54) is 16.6 Å². The van der Waals surface area contributed by atoms with Crippen LogP contribution >= 0.6 is 0 Å². The lowest BCUT2D eigenvalue weighted by Gasteiger charge is -2.33. The van der Waals surface area contributed by atoms with Crippen LogP contribution in [0.1, 0.15) is 39.3 Å². The van der Waals surface area contributed by atoms with Gasteiger partial charge in [0.15, 0.2) is 5.52 Å². The van der Waals surface area contributed by atoms with E-state index in [2.05, 4.69) is 26.9 Å². The van der Waals surface area contributed by atoms with E-state index in [1.54, 1.807) is 11.8 Å². The number of methoxy groups -OCH3 is 1. The highest BCUT2D eigenvalue weighted by Gasteiger charge is 2.30. The smallest absolute Gasteiger partial charge is 0.279 e. The van der Waals surface area contributed by atoms with Crippen molar-refractivity contribution in [2.24, 2.45) is 0 Å².